The van der Waals surface area contributed by atoms with E-state index >= 15 is 0 Å². The molecule has 1 saturated heterocycles. The molecule has 0 radical (unpaired) electrons. The molecule has 4 nitrogen and oxygen atoms in total. The summed E-state index contributed by atoms with van der Waals surface area (Å²) in [6.45, 7) is 10.3. The quantitative estimate of drug-likeness (QED) is 0.836. The van der Waals surface area contributed by atoms with Crippen molar-refractivity contribution >= 4 is 10.0 Å². The van der Waals surface area contributed by atoms with Crippen LogP contribution >= 0.6 is 0 Å². The van der Waals surface area contributed by atoms with Crippen LogP contribution < -0.4 is 0 Å². The van der Waals surface area contributed by atoms with E-state index in [1.807, 2.05) is 6.07 Å². The van der Waals surface area contributed by atoms with Crippen LogP contribution in [-0.4, -0.2) is 39.0 Å². The van der Waals surface area contributed by atoms with Crippen LogP contribution in [0.2, 0.25) is 0 Å². The molecule has 0 aliphatic carbocycles. The number of hydrogen-bond acceptors (Lipinski definition) is 3. The third kappa shape index (κ3) is 3.89. The number of hydrogen-bond donors (Lipinski definition) is 0. The first-order chi connectivity index (χ1) is 10.3. The van der Waals surface area contributed by atoms with Gasteiger partial charge in [0.15, 0.2) is 0 Å². The molecule has 1 aromatic rings. The summed E-state index contributed by atoms with van der Waals surface area (Å²) in [6.07, 6.45) is 0.777. The van der Waals surface area contributed by atoms with Gasteiger partial charge in [-0.25, -0.2) is 8.42 Å². The molecular weight excluding hydrogens is 298 g/mol. The topological polar surface area (TPSA) is 46.6 Å². The highest BCUT2D eigenvalue weighted by atomic mass is 32.2. The van der Waals surface area contributed by atoms with Crippen molar-refractivity contribution in [2.75, 3.05) is 26.3 Å². The fraction of sp³-hybridized carbons (Fsp3) is 0.647. The molecule has 0 N–H and O–H groups in total. The molecule has 0 unspecified atom stereocenters. The summed E-state index contributed by atoms with van der Waals surface area (Å²) < 4.78 is 32.7. The van der Waals surface area contributed by atoms with Crippen LogP contribution in [0.1, 0.15) is 44.7 Å². The molecule has 22 heavy (non-hydrogen) atoms. The highest BCUT2D eigenvalue weighted by Crippen LogP contribution is 2.27. The standard InChI is InChI=1S/C17H27NO3S/c1-13(2)11-16-12-15(14(3)4)5-6-17(16)22(19,20)18-7-9-21-10-8-18/h5-6,12-14H,7-11H2,1-4H3. The van der Waals surface area contributed by atoms with Gasteiger partial charge < -0.3 is 4.74 Å². The zero-order chi connectivity index (χ0) is 16.3. The highest BCUT2D eigenvalue weighted by molar-refractivity contribution is 7.89. The molecule has 5 heteroatoms. The summed E-state index contributed by atoms with van der Waals surface area (Å²) in [5, 5.41) is 0. The molecule has 0 saturated carbocycles. The van der Waals surface area contributed by atoms with Gasteiger partial charge in [0.1, 0.15) is 0 Å². The smallest absolute Gasteiger partial charge is 0.243 e. The van der Waals surface area contributed by atoms with E-state index in [0.29, 0.717) is 43.0 Å². The Labute approximate surface area is 134 Å². The molecule has 1 aliphatic rings. The number of ether oxygens (including phenoxy) is 1. The molecule has 0 amide bonds. The lowest BCUT2D eigenvalue weighted by Crippen LogP contribution is -2.41. The molecule has 124 valence electrons. The Balaban J connectivity index is 2.43. The van der Waals surface area contributed by atoms with E-state index in [1.54, 1.807) is 10.4 Å². The lowest BCUT2D eigenvalue weighted by atomic mass is 9.96. The van der Waals surface area contributed by atoms with Gasteiger partial charge in [0.2, 0.25) is 10.0 Å². The monoisotopic (exact) mass is 325 g/mol. The van der Waals surface area contributed by atoms with Crippen molar-refractivity contribution in [1.82, 2.24) is 4.31 Å². The van der Waals surface area contributed by atoms with Gasteiger partial charge in [-0.15, -0.1) is 0 Å². The fourth-order valence-corrected chi connectivity index (χ4v) is 4.36. The summed E-state index contributed by atoms with van der Waals surface area (Å²) in [5.41, 5.74) is 2.13. The zero-order valence-corrected chi connectivity index (χ0v) is 14.8. The predicted molar refractivity (Wildman–Crippen MR) is 88.7 cm³/mol. The van der Waals surface area contributed by atoms with Crippen LogP contribution in [0.5, 0.6) is 0 Å². The zero-order valence-electron chi connectivity index (χ0n) is 14.0. The van der Waals surface area contributed by atoms with Crippen LogP contribution in [0.3, 0.4) is 0 Å². The van der Waals surface area contributed by atoms with E-state index in [2.05, 4.69) is 33.8 Å². The van der Waals surface area contributed by atoms with Gasteiger partial charge in [0.05, 0.1) is 18.1 Å². The van der Waals surface area contributed by atoms with E-state index in [0.717, 1.165) is 12.0 Å². The second-order valence-corrected chi connectivity index (χ2v) is 8.54. The second-order valence-electron chi connectivity index (χ2n) is 6.64. The summed E-state index contributed by atoms with van der Waals surface area (Å²) in [7, 11) is -3.43. The normalized spacial score (nSPS) is 17.4. The average Bonchev–Trinajstić information content (AvgIpc) is 2.47. The van der Waals surface area contributed by atoms with Crippen molar-refractivity contribution in [3.63, 3.8) is 0 Å². The van der Waals surface area contributed by atoms with Crippen molar-refractivity contribution < 1.29 is 13.2 Å². The van der Waals surface area contributed by atoms with Gasteiger partial charge in [0, 0.05) is 13.1 Å². The minimum atomic E-state index is -3.43. The summed E-state index contributed by atoms with van der Waals surface area (Å²) in [4.78, 5) is 0.465. The van der Waals surface area contributed by atoms with E-state index in [4.69, 9.17) is 4.74 Å². The Bertz CT molecular complexity index is 602. The Hall–Kier alpha value is -0.910. The lowest BCUT2D eigenvalue weighted by Gasteiger charge is -2.27. The Morgan fingerprint density at radius 2 is 1.77 bits per heavy atom. The van der Waals surface area contributed by atoms with Crippen LogP contribution in [0.25, 0.3) is 0 Å². The third-order valence-electron chi connectivity index (χ3n) is 3.97. The third-order valence-corrected chi connectivity index (χ3v) is 5.97. The first-order valence-electron chi connectivity index (χ1n) is 8.03. The van der Waals surface area contributed by atoms with Crippen LogP contribution in [0.15, 0.2) is 23.1 Å². The van der Waals surface area contributed by atoms with Crippen LogP contribution in [0.4, 0.5) is 0 Å². The predicted octanol–water partition coefficient (Wildman–Crippen LogP) is 3.03. The lowest BCUT2D eigenvalue weighted by molar-refractivity contribution is 0.0730. The molecule has 1 aromatic carbocycles. The van der Waals surface area contributed by atoms with Crippen molar-refractivity contribution in [2.45, 2.75) is 44.9 Å². The summed E-state index contributed by atoms with van der Waals surface area (Å²) >= 11 is 0. The fourth-order valence-electron chi connectivity index (χ4n) is 2.74. The van der Waals surface area contributed by atoms with Crippen molar-refractivity contribution in [3.8, 4) is 0 Å². The number of benzene rings is 1. The molecule has 0 aromatic heterocycles. The Morgan fingerprint density at radius 1 is 1.14 bits per heavy atom. The van der Waals surface area contributed by atoms with E-state index in [9.17, 15) is 8.42 Å². The van der Waals surface area contributed by atoms with Crippen molar-refractivity contribution in [1.29, 1.82) is 0 Å². The Kier molecular flexibility index (Phi) is 5.64. The summed E-state index contributed by atoms with van der Waals surface area (Å²) in [6, 6.07) is 5.80. The first kappa shape index (κ1) is 17.4. The molecule has 0 atom stereocenters. The van der Waals surface area contributed by atoms with Gasteiger partial charge in [-0.05, 0) is 35.4 Å². The maximum Gasteiger partial charge on any atom is 0.243 e. The molecule has 1 aliphatic heterocycles. The van der Waals surface area contributed by atoms with Gasteiger partial charge >= 0.3 is 0 Å². The first-order valence-corrected chi connectivity index (χ1v) is 9.47. The molecule has 0 spiro atoms. The maximum absolute atomic E-state index is 12.9. The largest absolute Gasteiger partial charge is 0.379 e. The Morgan fingerprint density at radius 3 is 2.32 bits per heavy atom. The van der Waals surface area contributed by atoms with Gasteiger partial charge in [0.25, 0.3) is 0 Å². The molecular formula is C17H27NO3S. The van der Waals surface area contributed by atoms with E-state index < -0.39 is 10.0 Å². The van der Waals surface area contributed by atoms with Crippen molar-refractivity contribution in [3.05, 3.63) is 29.3 Å². The van der Waals surface area contributed by atoms with Gasteiger partial charge in [-0.1, -0.05) is 39.8 Å². The number of sulfonamides is 1. The maximum atomic E-state index is 12.9. The molecule has 2 rings (SSSR count). The minimum Gasteiger partial charge on any atom is -0.379 e. The number of morpholine rings is 1. The molecule has 1 fully saturated rings. The van der Waals surface area contributed by atoms with Gasteiger partial charge in [-0.3, -0.25) is 0 Å². The number of nitrogens with zero attached hydrogens (tertiary/aromatic N) is 1. The molecule has 1 heterocycles. The SMILES string of the molecule is CC(C)Cc1cc(C(C)C)ccc1S(=O)(=O)N1CCOCC1. The highest BCUT2D eigenvalue weighted by Gasteiger charge is 2.28. The van der Waals surface area contributed by atoms with Crippen LogP contribution in [-0.2, 0) is 21.2 Å². The minimum absolute atomic E-state index is 0.394. The number of rotatable bonds is 5. The van der Waals surface area contributed by atoms with E-state index in [-0.39, 0.29) is 0 Å². The van der Waals surface area contributed by atoms with Gasteiger partial charge in [-0.2, -0.15) is 4.31 Å². The second kappa shape index (κ2) is 7.11. The van der Waals surface area contributed by atoms with E-state index in [1.165, 1.54) is 5.56 Å². The summed E-state index contributed by atoms with van der Waals surface area (Å²) in [5.74, 6) is 0.812. The van der Waals surface area contributed by atoms with Crippen molar-refractivity contribution in [2.24, 2.45) is 5.92 Å². The van der Waals surface area contributed by atoms with Crippen LogP contribution in [0, 0.1) is 5.92 Å². The average molecular weight is 325 g/mol. The molecule has 0 bridgehead atoms.